The molecule has 1 heterocycles. The van der Waals surface area contributed by atoms with Crippen LogP contribution in [-0.4, -0.2) is 23.8 Å². The molecule has 2 N–H and O–H groups in total. The minimum Gasteiger partial charge on any atom is -0.493 e. The number of methoxy groups -OCH3 is 1. The number of aromatic nitrogens is 1. The highest BCUT2D eigenvalue weighted by atomic mass is 32.1. The molecule has 0 bridgehead atoms. The molecule has 0 aliphatic rings. The number of thiocarbonyl (C=S) groups is 1. The van der Waals surface area contributed by atoms with Gasteiger partial charge in [-0.25, -0.2) is 4.98 Å². The van der Waals surface area contributed by atoms with E-state index in [0.29, 0.717) is 16.7 Å². The maximum Gasteiger partial charge on any atom is 0.174 e. The number of ether oxygens (including phenoxy) is 1. The molecule has 0 atom stereocenters. The van der Waals surface area contributed by atoms with Crippen LogP contribution in [0.2, 0.25) is 0 Å². The maximum absolute atomic E-state index is 5.26. The van der Waals surface area contributed by atoms with Gasteiger partial charge in [-0.15, -0.1) is 0 Å². The summed E-state index contributed by atoms with van der Waals surface area (Å²) in [6.45, 7) is 0.815. The molecule has 0 aliphatic heterocycles. The zero-order valence-corrected chi connectivity index (χ0v) is 12.8. The Labute approximate surface area is 130 Å². The summed E-state index contributed by atoms with van der Waals surface area (Å²) in [4.78, 5) is 4.20. The van der Waals surface area contributed by atoms with Gasteiger partial charge in [-0.05, 0) is 42.8 Å². The van der Waals surface area contributed by atoms with Gasteiger partial charge in [-0.3, -0.25) is 0 Å². The van der Waals surface area contributed by atoms with E-state index in [0.717, 1.165) is 19.4 Å². The van der Waals surface area contributed by atoms with Crippen LogP contribution < -0.4 is 15.4 Å². The Balaban J connectivity index is 1.72. The molecule has 2 aromatic rings. The van der Waals surface area contributed by atoms with E-state index in [9.17, 15) is 0 Å². The summed E-state index contributed by atoms with van der Waals surface area (Å²) in [5.41, 5.74) is 1.34. The van der Waals surface area contributed by atoms with E-state index >= 15 is 0 Å². The molecule has 1 aromatic carbocycles. The normalized spacial score (nSPS) is 9.95. The molecule has 1 aromatic heterocycles. The Hall–Kier alpha value is -2.14. The lowest BCUT2D eigenvalue weighted by Crippen LogP contribution is -2.30. The summed E-state index contributed by atoms with van der Waals surface area (Å²) in [5.74, 6) is 1.30. The first kappa shape index (κ1) is 15.3. The molecule has 0 unspecified atom stereocenters. The van der Waals surface area contributed by atoms with Gasteiger partial charge < -0.3 is 15.4 Å². The van der Waals surface area contributed by atoms with Crippen LogP contribution in [0.4, 0.5) is 5.82 Å². The Kier molecular flexibility index (Phi) is 5.97. The van der Waals surface area contributed by atoms with E-state index in [1.54, 1.807) is 13.3 Å². The summed E-state index contributed by atoms with van der Waals surface area (Å²) >= 11 is 5.26. The van der Waals surface area contributed by atoms with Crippen LogP contribution in [-0.2, 0) is 6.42 Å². The molecule has 0 fully saturated rings. The number of hydrogen-bond donors (Lipinski definition) is 2. The number of benzene rings is 1. The van der Waals surface area contributed by atoms with Gasteiger partial charge in [0.05, 0.1) is 7.11 Å². The second-order valence-corrected chi connectivity index (χ2v) is 4.93. The Morgan fingerprint density at radius 1 is 1.19 bits per heavy atom. The van der Waals surface area contributed by atoms with E-state index in [1.807, 2.05) is 18.2 Å². The Bertz CT molecular complexity index is 575. The van der Waals surface area contributed by atoms with Gasteiger partial charge in [-0.1, -0.05) is 30.3 Å². The zero-order valence-electron chi connectivity index (χ0n) is 12.0. The highest BCUT2D eigenvalue weighted by Crippen LogP contribution is 2.19. The third-order valence-corrected chi connectivity index (χ3v) is 3.24. The average molecular weight is 301 g/mol. The third-order valence-electron chi connectivity index (χ3n) is 2.99. The van der Waals surface area contributed by atoms with Crippen molar-refractivity contribution in [3.8, 4) is 5.75 Å². The van der Waals surface area contributed by atoms with Crippen molar-refractivity contribution in [2.75, 3.05) is 19.0 Å². The van der Waals surface area contributed by atoms with Crippen molar-refractivity contribution in [2.45, 2.75) is 12.8 Å². The molecule has 21 heavy (non-hydrogen) atoms. The van der Waals surface area contributed by atoms with Gasteiger partial charge in [0.2, 0.25) is 0 Å². The fourth-order valence-corrected chi connectivity index (χ4v) is 2.14. The van der Waals surface area contributed by atoms with Crippen molar-refractivity contribution >= 4 is 23.1 Å². The van der Waals surface area contributed by atoms with E-state index in [4.69, 9.17) is 17.0 Å². The molecule has 2 rings (SSSR count). The first-order valence-electron chi connectivity index (χ1n) is 6.87. The first-order valence-corrected chi connectivity index (χ1v) is 7.28. The molecule has 0 saturated carbocycles. The summed E-state index contributed by atoms with van der Waals surface area (Å²) in [5, 5.41) is 6.78. The first-order chi connectivity index (χ1) is 10.3. The summed E-state index contributed by atoms with van der Waals surface area (Å²) in [6, 6.07) is 14.1. The zero-order chi connectivity index (χ0) is 14.9. The molecule has 5 heteroatoms. The minimum absolute atomic E-state index is 0.556. The number of nitrogens with zero attached hydrogens (tertiary/aromatic N) is 1. The summed E-state index contributed by atoms with van der Waals surface area (Å²) < 4.78 is 5.22. The smallest absolute Gasteiger partial charge is 0.174 e. The number of nitrogens with one attached hydrogen (secondary N) is 2. The van der Waals surface area contributed by atoms with Crippen LogP contribution in [0.5, 0.6) is 5.75 Å². The molecule has 0 amide bonds. The van der Waals surface area contributed by atoms with Crippen molar-refractivity contribution in [3.63, 3.8) is 0 Å². The third kappa shape index (κ3) is 5.04. The predicted octanol–water partition coefficient (Wildman–Crippen LogP) is 3.01. The number of aryl methyl sites for hydroxylation is 1. The molecular weight excluding hydrogens is 282 g/mol. The van der Waals surface area contributed by atoms with E-state index < -0.39 is 0 Å². The van der Waals surface area contributed by atoms with Gasteiger partial charge >= 0.3 is 0 Å². The fourth-order valence-electron chi connectivity index (χ4n) is 1.94. The monoisotopic (exact) mass is 301 g/mol. The van der Waals surface area contributed by atoms with E-state index in [-0.39, 0.29) is 0 Å². The van der Waals surface area contributed by atoms with Crippen molar-refractivity contribution in [2.24, 2.45) is 0 Å². The molecular formula is C16H19N3OS. The van der Waals surface area contributed by atoms with Crippen LogP contribution in [0, 0.1) is 0 Å². The molecule has 4 nitrogen and oxygen atoms in total. The highest BCUT2D eigenvalue weighted by molar-refractivity contribution is 7.80. The lowest BCUT2D eigenvalue weighted by Gasteiger charge is -2.12. The van der Waals surface area contributed by atoms with Crippen LogP contribution >= 0.6 is 12.2 Å². The molecule has 0 saturated heterocycles. The van der Waals surface area contributed by atoms with Gasteiger partial charge in [0.25, 0.3) is 0 Å². The predicted molar refractivity (Wildman–Crippen MR) is 89.8 cm³/mol. The van der Waals surface area contributed by atoms with Gasteiger partial charge in [-0.2, -0.15) is 0 Å². The standard InChI is InChI=1S/C16H19N3OS/c1-20-14-10-6-11-17-15(14)19-16(21)18-12-5-9-13-7-3-2-4-8-13/h2-4,6-8,10-11H,5,9,12H2,1H3,(H2,17,18,19,21). The topological polar surface area (TPSA) is 46.2 Å². The second kappa shape index (κ2) is 8.21. The molecule has 0 aliphatic carbocycles. The maximum atomic E-state index is 5.26. The van der Waals surface area contributed by atoms with E-state index in [1.165, 1.54) is 5.56 Å². The molecule has 110 valence electrons. The highest BCUT2D eigenvalue weighted by Gasteiger charge is 2.04. The van der Waals surface area contributed by atoms with Gasteiger partial charge in [0.15, 0.2) is 16.7 Å². The number of rotatable bonds is 6. The fraction of sp³-hybridized carbons (Fsp3) is 0.250. The summed E-state index contributed by atoms with van der Waals surface area (Å²) in [7, 11) is 1.61. The number of hydrogen-bond acceptors (Lipinski definition) is 3. The average Bonchev–Trinajstić information content (AvgIpc) is 2.53. The number of anilines is 1. The van der Waals surface area contributed by atoms with Gasteiger partial charge in [0.1, 0.15) is 0 Å². The Morgan fingerprint density at radius 2 is 2.00 bits per heavy atom. The minimum atomic E-state index is 0.556. The van der Waals surface area contributed by atoms with E-state index in [2.05, 4.69) is 39.9 Å². The van der Waals surface area contributed by atoms with Crippen LogP contribution in [0.3, 0.4) is 0 Å². The van der Waals surface area contributed by atoms with Crippen molar-refractivity contribution in [1.29, 1.82) is 0 Å². The SMILES string of the molecule is COc1cccnc1NC(=S)NCCCc1ccccc1. The Morgan fingerprint density at radius 3 is 2.76 bits per heavy atom. The molecule has 0 radical (unpaired) electrons. The second-order valence-electron chi connectivity index (χ2n) is 4.52. The quantitative estimate of drug-likeness (QED) is 0.634. The van der Waals surface area contributed by atoms with Crippen molar-refractivity contribution in [3.05, 3.63) is 54.2 Å². The van der Waals surface area contributed by atoms with Crippen LogP contribution in [0.15, 0.2) is 48.7 Å². The van der Waals surface area contributed by atoms with Crippen LogP contribution in [0.25, 0.3) is 0 Å². The van der Waals surface area contributed by atoms with Crippen LogP contribution in [0.1, 0.15) is 12.0 Å². The lowest BCUT2D eigenvalue weighted by molar-refractivity contribution is 0.415. The van der Waals surface area contributed by atoms with Crippen molar-refractivity contribution in [1.82, 2.24) is 10.3 Å². The summed E-state index contributed by atoms with van der Waals surface area (Å²) in [6.07, 6.45) is 3.75. The lowest BCUT2D eigenvalue weighted by atomic mass is 10.1. The van der Waals surface area contributed by atoms with Crippen molar-refractivity contribution < 1.29 is 4.74 Å². The molecule has 0 spiro atoms. The number of pyridine rings is 1. The van der Waals surface area contributed by atoms with Gasteiger partial charge in [0, 0.05) is 12.7 Å². The largest absolute Gasteiger partial charge is 0.493 e.